The first kappa shape index (κ1) is 15.5. The van der Waals surface area contributed by atoms with Crippen molar-refractivity contribution >= 4 is 10.0 Å². The summed E-state index contributed by atoms with van der Waals surface area (Å²) < 4.78 is 26.8. The second-order valence-corrected chi connectivity index (χ2v) is 7.94. The molecule has 1 fully saturated rings. The molecular weight excluding hydrogens is 276 g/mol. The van der Waals surface area contributed by atoms with Crippen LogP contribution in [0, 0.1) is 12.8 Å². The Morgan fingerprint density at radius 3 is 2.65 bits per heavy atom. The van der Waals surface area contributed by atoms with E-state index in [1.165, 1.54) is 17.1 Å². The van der Waals surface area contributed by atoms with Gasteiger partial charge in [-0.1, -0.05) is 13.8 Å². The largest absolute Gasteiger partial charge is 0.308 e. The molecule has 1 saturated carbocycles. The first-order valence-corrected chi connectivity index (χ1v) is 8.50. The second kappa shape index (κ2) is 5.83. The third kappa shape index (κ3) is 3.39. The van der Waals surface area contributed by atoms with Crippen molar-refractivity contribution in [2.75, 3.05) is 13.6 Å². The molecule has 1 aromatic heterocycles. The van der Waals surface area contributed by atoms with Gasteiger partial charge in [0.1, 0.15) is 4.90 Å². The van der Waals surface area contributed by atoms with Crippen molar-refractivity contribution in [1.82, 2.24) is 19.8 Å². The maximum atomic E-state index is 12.7. The molecule has 0 amide bonds. The molecule has 0 unspecified atom stereocenters. The number of nitrogens with zero attached hydrogens (tertiary/aromatic N) is 2. The molecular formula is C13H24N4O2S. The van der Waals surface area contributed by atoms with Gasteiger partial charge in [-0.3, -0.25) is 5.10 Å². The van der Waals surface area contributed by atoms with Gasteiger partial charge in [0.25, 0.3) is 0 Å². The molecule has 1 heterocycles. The summed E-state index contributed by atoms with van der Waals surface area (Å²) in [6.07, 6.45) is 2.33. The smallest absolute Gasteiger partial charge is 0.246 e. The van der Waals surface area contributed by atoms with Crippen LogP contribution in [0.2, 0.25) is 0 Å². The third-order valence-corrected chi connectivity index (χ3v) is 5.41. The van der Waals surface area contributed by atoms with Crippen LogP contribution in [0.25, 0.3) is 0 Å². The summed E-state index contributed by atoms with van der Waals surface area (Å²) in [7, 11) is -1.86. The zero-order valence-electron chi connectivity index (χ0n) is 12.6. The molecule has 6 nitrogen and oxygen atoms in total. The summed E-state index contributed by atoms with van der Waals surface area (Å²) in [5, 5.41) is 10.3. The highest BCUT2D eigenvalue weighted by Crippen LogP contribution is 2.24. The highest BCUT2D eigenvalue weighted by molar-refractivity contribution is 7.89. The monoisotopic (exact) mass is 300 g/mol. The van der Waals surface area contributed by atoms with Gasteiger partial charge >= 0.3 is 0 Å². The summed E-state index contributed by atoms with van der Waals surface area (Å²) in [6.45, 7) is 6.76. The molecule has 0 saturated heterocycles. The number of rotatable bonds is 7. The lowest BCUT2D eigenvalue weighted by molar-refractivity contribution is 0.416. The molecule has 2 rings (SSSR count). The molecule has 0 spiro atoms. The Labute approximate surface area is 121 Å². The van der Waals surface area contributed by atoms with Crippen molar-refractivity contribution in [1.29, 1.82) is 0 Å². The number of H-pyrrole nitrogens is 1. The van der Waals surface area contributed by atoms with Crippen molar-refractivity contribution in [2.45, 2.75) is 51.1 Å². The lowest BCUT2D eigenvalue weighted by Gasteiger charge is -2.19. The van der Waals surface area contributed by atoms with E-state index in [-0.39, 0.29) is 5.92 Å². The molecule has 1 aliphatic carbocycles. The summed E-state index contributed by atoms with van der Waals surface area (Å²) >= 11 is 0. The van der Waals surface area contributed by atoms with Gasteiger partial charge in [0, 0.05) is 26.2 Å². The first-order chi connectivity index (χ1) is 9.32. The molecule has 2 N–H and O–H groups in total. The van der Waals surface area contributed by atoms with Gasteiger partial charge in [0.2, 0.25) is 10.0 Å². The van der Waals surface area contributed by atoms with E-state index in [4.69, 9.17) is 0 Å². The third-order valence-electron chi connectivity index (χ3n) is 3.39. The molecule has 1 aromatic rings. The van der Waals surface area contributed by atoms with Crippen molar-refractivity contribution in [3.63, 3.8) is 0 Å². The van der Waals surface area contributed by atoms with E-state index in [9.17, 15) is 8.42 Å². The molecule has 114 valence electrons. The Hall–Kier alpha value is -0.920. The number of nitrogens with one attached hydrogen (secondary N) is 2. The van der Waals surface area contributed by atoms with E-state index in [0.29, 0.717) is 35.4 Å². The first-order valence-electron chi connectivity index (χ1n) is 7.06. The zero-order valence-corrected chi connectivity index (χ0v) is 13.4. The Balaban J connectivity index is 2.22. The molecule has 0 bridgehead atoms. The van der Waals surface area contributed by atoms with E-state index >= 15 is 0 Å². The van der Waals surface area contributed by atoms with Gasteiger partial charge in [-0.25, -0.2) is 12.7 Å². The summed E-state index contributed by atoms with van der Waals surface area (Å²) in [6, 6.07) is 0.524. The molecule has 0 radical (unpaired) electrons. The fourth-order valence-electron chi connectivity index (χ4n) is 2.23. The standard InChI is InChI=1S/C13H24N4O2S/c1-9(2)8-17(4)20(18,19)13-10(3)15-16-12(13)7-14-11-5-6-11/h9,11,14H,5-8H2,1-4H3,(H,15,16). The SMILES string of the molecule is Cc1[nH]nc(CNC2CC2)c1S(=O)(=O)N(C)CC(C)C. The average Bonchev–Trinajstić information content (AvgIpc) is 3.08. The molecule has 7 heteroatoms. The highest BCUT2D eigenvalue weighted by Gasteiger charge is 2.29. The minimum Gasteiger partial charge on any atom is -0.308 e. The fraction of sp³-hybridized carbons (Fsp3) is 0.769. The Kier molecular flexibility index (Phi) is 4.51. The quantitative estimate of drug-likeness (QED) is 0.794. The number of sulfonamides is 1. The van der Waals surface area contributed by atoms with Gasteiger partial charge < -0.3 is 5.32 Å². The van der Waals surface area contributed by atoms with Crippen LogP contribution in [0.4, 0.5) is 0 Å². The van der Waals surface area contributed by atoms with Crippen LogP contribution in [0.5, 0.6) is 0 Å². The van der Waals surface area contributed by atoms with E-state index in [0.717, 1.165) is 0 Å². The molecule has 0 aliphatic heterocycles. The Morgan fingerprint density at radius 1 is 1.45 bits per heavy atom. The Morgan fingerprint density at radius 2 is 2.10 bits per heavy atom. The number of aromatic nitrogens is 2. The molecule has 20 heavy (non-hydrogen) atoms. The minimum atomic E-state index is -3.48. The molecule has 0 atom stereocenters. The summed E-state index contributed by atoms with van der Waals surface area (Å²) in [5.41, 5.74) is 1.19. The normalized spacial score (nSPS) is 16.3. The van der Waals surface area contributed by atoms with Crippen molar-refractivity contribution in [3.8, 4) is 0 Å². The second-order valence-electron chi connectivity index (χ2n) is 5.96. The topological polar surface area (TPSA) is 78.1 Å². The van der Waals surface area contributed by atoms with Gasteiger partial charge in [-0.05, 0) is 25.7 Å². The average molecular weight is 300 g/mol. The van der Waals surface area contributed by atoms with Crippen molar-refractivity contribution in [3.05, 3.63) is 11.4 Å². The molecule has 1 aliphatic rings. The lowest BCUT2D eigenvalue weighted by atomic mass is 10.2. The van der Waals surface area contributed by atoms with Crippen LogP contribution < -0.4 is 5.32 Å². The molecule has 0 aromatic carbocycles. The van der Waals surface area contributed by atoms with Gasteiger partial charge in [-0.2, -0.15) is 5.10 Å². The van der Waals surface area contributed by atoms with Crippen LogP contribution in [-0.2, 0) is 16.6 Å². The highest BCUT2D eigenvalue weighted by atomic mass is 32.2. The van der Waals surface area contributed by atoms with Crippen LogP contribution in [0.15, 0.2) is 4.90 Å². The van der Waals surface area contributed by atoms with Gasteiger partial charge in [0.05, 0.1) is 11.4 Å². The number of aryl methyl sites for hydroxylation is 1. The predicted molar refractivity (Wildman–Crippen MR) is 77.8 cm³/mol. The van der Waals surface area contributed by atoms with Crippen LogP contribution in [-0.4, -0.2) is 42.6 Å². The zero-order chi connectivity index (χ0) is 14.9. The Bertz CT molecular complexity index is 561. The van der Waals surface area contributed by atoms with Gasteiger partial charge in [-0.15, -0.1) is 0 Å². The fourth-order valence-corrected chi connectivity index (χ4v) is 3.88. The number of hydrogen-bond acceptors (Lipinski definition) is 4. The van der Waals surface area contributed by atoms with Crippen molar-refractivity contribution in [2.24, 2.45) is 5.92 Å². The van der Waals surface area contributed by atoms with Crippen LogP contribution in [0.3, 0.4) is 0 Å². The minimum absolute atomic E-state index is 0.287. The maximum Gasteiger partial charge on any atom is 0.246 e. The predicted octanol–water partition coefficient (Wildman–Crippen LogP) is 1.25. The van der Waals surface area contributed by atoms with Crippen LogP contribution in [0.1, 0.15) is 38.1 Å². The summed E-state index contributed by atoms with van der Waals surface area (Å²) in [4.78, 5) is 0.328. The van der Waals surface area contributed by atoms with E-state index in [1.54, 1.807) is 14.0 Å². The van der Waals surface area contributed by atoms with Crippen molar-refractivity contribution < 1.29 is 8.42 Å². The van der Waals surface area contributed by atoms with E-state index in [2.05, 4.69) is 15.5 Å². The maximum absolute atomic E-state index is 12.7. The van der Waals surface area contributed by atoms with E-state index < -0.39 is 10.0 Å². The van der Waals surface area contributed by atoms with E-state index in [1.807, 2.05) is 13.8 Å². The number of hydrogen-bond donors (Lipinski definition) is 2. The number of aromatic amines is 1. The van der Waals surface area contributed by atoms with Crippen LogP contribution >= 0.6 is 0 Å². The van der Waals surface area contributed by atoms with Gasteiger partial charge in [0.15, 0.2) is 0 Å². The summed E-state index contributed by atoms with van der Waals surface area (Å²) in [5.74, 6) is 0.287. The lowest BCUT2D eigenvalue weighted by Crippen LogP contribution is -2.31.